The van der Waals surface area contributed by atoms with Crippen LogP contribution in [0.25, 0.3) is 0 Å². The quantitative estimate of drug-likeness (QED) is 0.650. The molecule has 3 fully saturated rings. The van der Waals surface area contributed by atoms with Gasteiger partial charge in [0.15, 0.2) is 0 Å². The minimum atomic E-state index is -3.63. The van der Waals surface area contributed by atoms with Gasteiger partial charge in [0.25, 0.3) is 0 Å². The summed E-state index contributed by atoms with van der Waals surface area (Å²) in [7, 11) is -3.63. The van der Waals surface area contributed by atoms with Gasteiger partial charge in [-0.2, -0.15) is 4.31 Å². The Bertz CT molecular complexity index is 965. The summed E-state index contributed by atoms with van der Waals surface area (Å²) in [6.07, 6.45) is 5.51. The van der Waals surface area contributed by atoms with E-state index in [1.54, 1.807) is 18.2 Å². The van der Waals surface area contributed by atoms with Crippen LogP contribution in [0.15, 0.2) is 29.2 Å². The monoisotopic (exact) mass is 492 g/mol. The molecule has 1 N–H and O–H groups in total. The van der Waals surface area contributed by atoms with Crippen LogP contribution in [0.3, 0.4) is 0 Å². The fourth-order valence-electron chi connectivity index (χ4n) is 5.02. The average Bonchev–Trinajstić information content (AvgIpc) is 2.89. The van der Waals surface area contributed by atoms with E-state index in [9.17, 15) is 18.0 Å². The van der Waals surface area contributed by atoms with E-state index in [1.165, 1.54) is 16.8 Å². The lowest BCUT2D eigenvalue weighted by Crippen LogP contribution is -2.55. The van der Waals surface area contributed by atoms with Crippen LogP contribution in [-0.4, -0.2) is 92.9 Å². The molecule has 3 aliphatic rings. The van der Waals surface area contributed by atoms with Crippen LogP contribution in [-0.2, 0) is 24.3 Å². The third kappa shape index (κ3) is 5.79. The van der Waals surface area contributed by atoms with Crippen LogP contribution < -0.4 is 5.32 Å². The third-order valence-electron chi connectivity index (χ3n) is 7.22. The van der Waals surface area contributed by atoms with E-state index in [0.717, 1.165) is 25.7 Å². The van der Waals surface area contributed by atoms with Gasteiger partial charge >= 0.3 is 0 Å². The highest BCUT2D eigenvalue weighted by Crippen LogP contribution is 2.26. The number of benzene rings is 1. The van der Waals surface area contributed by atoms with Gasteiger partial charge in [0, 0.05) is 50.9 Å². The molecular formula is C24H36N4O5S. The number of nitrogens with one attached hydrogen (secondary N) is 1. The van der Waals surface area contributed by atoms with E-state index in [0.29, 0.717) is 58.2 Å². The Labute approximate surface area is 202 Å². The molecule has 1 atom stereocenters. The summed E-state index contributed by atoms with van der Waals surface area (Å²) in [5.74, 6) is 0.254. The van der Waals surface area contributed by atoms with Gasteiger partial charge in [0.2, 0.25) is 21.8 Å². The standard InChI is InChI=1S/C24H36N4O5S/c1-19(26-10-12-27(13-11-26)24(30)20-6-3-2-4-7-20)23(29)25-21-8-5-9-22(18-21)34(31,32)28-14-16-33-17-15-28/h5,8-9,18-20H,2-4,6-7,10-17H2,1H3,(H,25,29). The highest BCUT2D eigenvalue weighted by atomic mass is 32.2. The second-order valence-electron chi connectivity index (χ2n) is 9.41. The lowest BCUT2D eigenvalue weighted by molar-refractivity contribution is -0.139. The fraction of sp³-hybridized carbons (Fsp3) is 0.667. The highest BCUT2D eigenvalue weighted by molar-refractivity contribution is 7.89. The van der Waals surface area contributed by atoms with Crippen molar-refractivity contribution in [1.29, 1.82) is 0 Å². The zero-order chi connectivity index (χ0) is 24.1. The number of rotatable bonds is 6. The Morgan fingerprint density at radius 1 is 1.00 bits per heavy atom. The molecule has 0 aromatic heterocycles. The molecule has 2 saturated heterocycles. The molecule has 34 heavy (non-hydrogen) atoms. The van der Waals surface area contributed by atoms with Gasteiger partial charge in [-0.1, -0.05) is 25.3 Å². The Hall–Kier alpha value is -2.01. The van der Waals surface area contributed by atoms with Gasteiger partial charge in [-0.15, -0.1) is 0 Å². The molecule has 2 aliphatic heterocycles. The van der Waals surface area contributed by atoms with Crippen LogP contribution in [0.1, 0.15) is 39.0 Å². The van der Waals surface area contributed by atoms with Gasteiger partial charge in [0.05, 0.1) is 24.2 Å². The number of piperazine rings is 1. The number of nitrogens with zero attached hydrogens (tertiary/aromatic N) is 3. The summed E-state index contributed by atoms with van der Waals surface area (Å²) in [6.45, 7) is 5.84. The van der Waals surface area contributed by atoms with E-state index in [2.05, 4.69) is 10.2 Å². The summed E-state index contributed by atoms with van der Waals surface area (Å²) in [6, 6.07) is 6.02. The predicted octanol–water partition coefficient (Wildman–Crippen LogP) is 1.76. The molecule has 1 saturated carbocycles. The number of amides is 2. The number of hydrogen-bond donors (Lipinski definition) is 1. The Balaban J connectivity index is 1.32. The fourth-order valence-corrected chi connectivity index (χ4v) is 6.47. The molecule has 1 unspecified atom stereocenters. The molecule has 0 radical (unpaired) electrons. The van der Waals surface area contributed by atoms with Crippen molar-refractivity contribution in [2.75, 3.05) is 57.8 Å². The second-order valence-corrected chi connectivity index (χ2v) is 11.3. The number of morpholine rings is 1. The smallest absolute Gasteiger partial charge is 0.243 e. The topological polar surface area (TPSA) is 99.3 Å². The van der Waals surface area contributed by atoms with Gasteiger partial charge < -0.3 is 15.0 Å². The van der Waals surface area contributed by atoms with Crippen LogP contribution in [0.5, 0.6) is 0 Å². The molecule has 0 spiro atoms. The number of ether oxygens (including phenoxy) is 1. The number of anilines is 1. The first-order chi connectivity index (χ1) is 16.4. The maximum Gasteiger partial charge on any atom is 0.243 e. The van der Waals surface area contributed by atoms with Crippen molar-refractivity contribution in [1.82, 2.24) is 14.1 Å². The van der Waals surface area contributed by atoms with Crippen molar-refractivity contribution < 1.29 is 22.7 Å². The van der Waals surface area contributed by atoms with Crippen LogP contribution in [0.4, 0.5) is 5.69 Å². The zero-order valence-corrected chi connectivity index (χ0v) is 20.8. The van der Waals surface area contributed by atoms with Crippen molar-refractivity contribution in [2.24, 2.45) is 5.92 Å². The van der Waals surface area contributed by atoms with E-state index in [1.807, 2.05) is 11.8 Å². The molecule has 2 heterocycles. The minimum Gasteiger partial charge on any atom is -0.379 e. The second kappa shape index (κ2) is 11.2. The summed E-state index contributed by atoms with van der Waals surface area (Å²) in [5, 5.41) is 2.87. The lowest BCUT2D eigenvalue weighted by atomic mass is 9.88. The first kappa shape index (κ1) is 25.1. The molecule has 1 aromatic carbocycles. The maximum absolute atomic E-state index is 12.9. The van der Waals surface area contributed by atoms with Gasteiger partial charge in [0.1, 0.15) is 0 Å². The summed E-state index contributed by atoms with van der Waals surface area (Å²) < 4.78 is 32.5. The molecule has 1 aromatic rings. The van der Waals surface area contributed by atoms with Gasteiger partial charge in [-0.25, -0.2) is 8.42 Å². The van der Waals surface area contributed by atoms with Crippen molar-refractivity contribution in [2.45, 2.75) is 50.0 Å². The average molecular weight is 493 g/mol. The zero-order valence-electron chi connectivity index (χ0n) is 19.9. The van der Waals surface area contributed by atoms with Gasteiger partial charge in [-0.05, 0) is 38.0 Å². The molecular weight excluding hydrogens is 456 g/mol. The van der Waals surface area contributed by atoms with E-state index >= 15 is 0 Å². The molecule has 1 aliphatic carbocycles. The SMILES string of the molecule is CC(C(=O)Nc1cccc(S(=O)(=O)N2CCOCC2)c1)N1CCN(C(=O)C2CCCCC2)CC1. The van der Waals surface area contributed by atoms with E-state index < -0.39 is 10.0 Å². The maximum atomic E-state index is 12.9. The Morgan fingerprint density at radius 2 is 1.68 bits per heavy atom. The minimum absolute atomic E-state index is 0.162. The first-order valence-electron chi connectivity index (χ1n) is 12.4. The highest BCUT2D eigenvalue weighted by Gasteiger charge is 2.31. The third-order valence-corrected chi connectivity index (χ3v) is 9.11. The summed E-state index contributed by atoms with van der Waals surface area (Å²) in [5.41, 5.74) is 0.456. The van der Waals surface area contributed by atoms with Crippen LogP contribution in [0, 0.1) is 5.92 Å². The molecule has 188 valence electrons. The van der Waals surface area contributed by atoms with Crippen LogP contribution >= 0.6 is 0 Å². The molecule has 2 amide bonds. The first-order valence-corrected chi connectivity index (χ1v) is 13.8. The molecule has 10 heteroatoms. The number of carbonyl (C=O) groups is 2. The largest absolute Gasteiger partial charge is 0.379 e. The molecule has 9 nitrogen and oxygen atoms in total. The number of sulfonamides is 1. The molecule has 0 bridgehead atoms. The summed E-state index contributed by atoms with van der Waals surface area (Å²) in [4.78, 5) is 29.9. The molecule has 4 rings (SSSR count). The van der Waals surface area contributed by atoms with Crippen molar-refractivity contribution in [3.8, 4) is 0 Å². The van der Waals surface area contributed by atoms with Gasteiger partial charge in [-0.3, -0.25) is 14.5 Å². The van der Waals surface area contributed by atoms with E-state index in [4.69, 9.17) is 4.74 Å². The lowest BCUT2D eigenvalue weighted by Gasteiger charge is -2.39. The van der Waals surface area contributed by atoms with Crippen molar-refractivity contribution in [3.05, 3.63) is 24.3 Å². The Morgan fingerprint density at radius 3 is 2.35 bits per heavy atom. The van der Waals surface area contributed by atoms with Crippen LogP contribution in [0.2, 0.25) is 0 Å². The number of hydrogen-bond acceptors (Lipinski definition) is 6. The predicted molar refractivity (Wildman–Crippen MR) is 129 cm³/mol. The van der Waals surface area contributed by atoms with Crippen molar-refractivity contribution in [3.63, 3.8) is 0 Å². The van der Waals surface area contributed by atoms with Crippen molar-refractivity contribution >= 4 is 27.5 Å². The normalized spacial score (nSPS) is 22.3. The Kier molecular flexibility index (Phi) is 8.23. The summed E-state index contributed by atoms with van der Waals surface area (Å²) >= 11 is 0. The number of carbonyl (C=O) groups excluding carboxylic acids is 2. The van der Waals surface area contributed by atoms with E-state index in [-0.39, 0.29) is 28.7 Å².